The maximum absolute atomic E-state index is 15.0. The molecule has 1 saturated heterocycles. The summed E-state index contributed by atoms with van der Waals surface area (Å²) >= 11 is 5.92. The lowest BCUT2D eigenvalue weighted by Gasteiger charge is -2.33. The van der Waals surface area contributed by atoms with Gasteiger partial charge in [-0.1, -0.05) is 17.7 Å². The third-order valence-electron chi connectivity index (χ3n) is 8.87. The van der Waals surface area contributed by atoms with Gasteiger partial charge in [0.05, 0.1) is 41.3 Å². The minimum atomic E-state index is -4.18. The Morgan fingerprint density at radius 3 is 2.56 bits per heavy atom. The number of fused-ring (bicyclic) bond motifs is 1. The molecular weight excluding hydrogens is 648 g/mol. The predicted molar refractivity (Wildman–Crippen MR) is 174 cm³/mol. The monoisotopic (exact) mass is 681 g/mol. The summed E-state index contributed by atoms with van der Waals surface area (Å²) in [6.45, 7) is 1.29. The number of amides is 3. The van der Waals surface area contributed by atoms with Crippen LogP contribution in [0, 0.1) is 17.2 Å². The Hall–Kier alpha value is -4.85. The van der Waals surface area contributed by atoms with Crippen molar-refractivity contribution in [2.45, 2.75) is 44.8 Å². The Kier molecular flexibility index (Phi) is 9.19. The lowest BCUT2D eigenvalue weighted by molar-refractivity contribution is -0.193. The van der Waals surface area contributed by atoms with E-state index in [9.17, 15) is 14.4 Å². The quantitative estimate of drug-likeness (QED) is 0.244. The Morgan fingerprint density at radius 1 is 1.19 bits per heavy atom. The van der Waals surface area contributed by atoms with Crippen molar-refractivity contribution in [1.82, 2.24) is 14.9 Å². The summed E-state index contributed by atoms with van der Waals surface area (Å²) in [5, 5.41) is 12.1. The number of primary amides is 1. The molecule has 0 spiro atoms. The van der Waals surface area contributed by atoms with E-state index in [0.29, 0.717) is 54.2 Å². The summed E-state index contributed by atoms with van der Waals surface area (Å²) in [6.07, 6.45) is 1.72. The molecule has 4 heterocycles. The van der Waals surface area contributed by atoms with Gasteiger partial charge >= 0.3 is 18.1 Å². The number of nitrogens with two attached hydrogens (primary N) is 1. The van der Waals surface area contributed by atoms with E-state index < -0.39 is 17.9 Å². The van der Waals surface area contributed by atoms with Crippen LogP contribution in [0.1, 0.15) is 53.0 Å². The van der Waals surface area contributed by atoms with Crippen LogP contribution in [0.15, 0.2) is 36.5 Å². The first-order chi connectivity index (χ1) is 23.0. The van der Waals surface area contributed by atoms with Gasteiger partial charge in [0.25, 0.3) is 5.91 Å². The molecule has 0 bridgehead atoms. The highest BCUT2D eigenvalue weighted by Gasteiger charge is 2.50. The number of anilines is 2. The second kappa shape index (κ2) is 13.3. The van der Waals surface area contributed by atoms with E-state index in [1.54, 1.807) is 17.0 Å². The number of halogens is 3. The number of carbonyl (C=O) groups is 3. The topological polar surface area (TPSA) is 164 Å². The van der Waals surface area contributed by atoms with Crippen molar-refractivity contribution in [3.63, 3.8) is 0 Å². The molecule has 3 amide bonds. The van der Waals surface area contributed by atoms with Crippen molar-refractivity contribution in [2.75, 3.05) is 37.0 Å². The molecule has 2 aliphatic heterocycles. The smallest absolute Gasteiger partial charge is 0.453 e. The number of nitrogens with zero attached hydrogens (tertiary/aromatic N) is 4. The van der Waals surface area contributed by atoms with Gasteiger partial charge in [0.2, 0.25) is 0 Å². The molecule has 4 N–H and O–H groups in total. The van der Waals surface area contributed by atoms with Crippen molar-refractivity contribution in [2.24, 2.45) is 17.6 Å². The van der Waals surface area contributed by atoms with Crippen molar-refractivity contribution >= 4 is 47.2 Å². The molecule has 12 nitrogen and oxygen atoms in total. The fourth-order valence-electron chi connectivity index (χ4n) is 6.16. The highest BCUT2D eigenvalue weighted by molar-refractivity contribution is 6.30. The molecular formula is C33H34ClF2N7O5. The molecule has 1 aromatic carbocycles. The summed E-state index contributed by atoms with van der Waals surface area (Å²) in [7, 11) is 1.35. The van der Waals surface area contributed by atoms with Gasteiger partial charge in [0, 0.05) is 43.2 Å². The van der Waals surface area contributed by atoms with Gasteiger partial charge < -0.3 is 30.8 Å². The largest absolute Gasteiger partial charge is 0.482 e. The molecule has 3 aromatic rings. The SMILES string of the molecule is COC(=O)N1CCC(CNc2nc(CC3CC3)c(C(N)=O)c(-c3ccc4c(c3)OC(F)(F)C(=O)N4Cc3ccc(Cl)cn3)c2C=N)CC1. The Labute approximate surface area is 280 Å². The summed E-state index contributed by atoms with van der Waals surface area (Å²) in [5.41, 5.74) is 7.67. The normalized spacial score (nSPS) is 17.4. The summed E-state index contributed by atoms with van der Waals surface area (Å²) < 4.78 is 39.8. The van der Waals surface area contributed by atoms with Crippen LogP contribution in [0.3, 0.4) is 0 Å². The Morgan fingerprint density at radius 2 is 1.94 bits per heavy atom. The molecule has 0 unspecified atom stereocenters. The highest BCUT2D eigenvalue weighted by Crippen LogP contribution is 2.44. The lowest BCUT2D eigenvalue weighted by atomic mass is 9.91. The van der Waals surface area contributed by atoms with Crippen LogP contribution in [-0.4, -0.2) is 71.8 Å². The third kappa shape index (κ3) is 6.75. The number of nitrogens with one attached hydrogen (secondary N) is 2. The van der Waals surface area contributed by atoms with Crippen LogP contribution in [0.4, 0.5) is 25.1 Å². The van der Waals surface area contributed by atoms with Crippen LogP contribution in [0.2, 0.25) is 5.02 Å². The Balaban J connectivity index is 1.38. The van der Waals surface area contributed by atoms with Gasteiger partial charge in [0.1, 0.15) is 5.82 Å². The fraction of sp³-hybridized carbons (Fsp3) is 0.394. The highest BCUT2D eigenvalue weighted by atomic mass is 35.5. The van der Waals surface area contributed by atoms with E-state index in [2.05, 4.69) is 10.3 Å². The number of hydrogen-bond acceptors (Lipinski definition) is 9. The van der Waals surface area contributed by atoms with Crippen LogP contribution in [0.5, 0.6) is 5.75 Å². The number of carbonyl (C=O) groups excluding carboxylic acids is 3. The zero-order valence-electron chi connectivity index (χ0n) is 26.1. The maximum Gasteiger partial charge on any atom is 0.482 e. The standard InChI is InChI=1S/C33H34ClF2N7O5/c1-47-32(46)42-10-8-19(9-11-42)15-40-30-23(14-37)27(28(29(38)44)24(41-30)12-18-2-3-18)20-4-7-25-26(13-20)48-33(35,36)31(45)43(25)17-22-6-5-21(34)16-39-22/h4-7,13-14,16,18-19,37H,2-3,8-12,15,17H2,1H3,(H2,38,44)(H,40,41). The minimum absolute atomic E-state index is 0.0763. The van der Waals surface area contributed by atoms with Crippen LogP contribution < -0.4 is 20.7 Å². The number of ether oxygens (including phenoxy) is 2. The number of hydrogen-bond donors (Lipinski definition) is 3. The van der Waals surface area contributed by atoms with Crippen molar-refractivity contribution in [3.05, 3.63) is 64.1 Å². The molecule has 2 aromatic heterocycles. The molecule has 252 valence electrons. The molecule has 48 heavy (non-hydrogen) atoms. The molecule has 3 aliphatic rings. The number of likely N-dealkylation sites (tertiary alicyclic amines) is 1. The molecule has 6 rings (SSSR count). The van der Waals surface area contributed by atoms with Gasteiger partial charge in [-0.3, -0.25) is 19.5 Å². The van der Waals surface area contributed by atoms with Gasteiger partial charge in [-0.05, 0) is 73.8 Å². The van der Waals surface area contributed by atoms with Gasteiger partial charge in [-0.15, -0.1) is 0 Å². The van der Waals surface area contributed by atoms with E-state index in [1.165, 1.54) is 31.5 Å². The first-order valence-electron chi connectivity index (χ1n) is 15.6. The first kappa shape index (κ1) is 33.1. The molecule has 15 heteroatoms. The number of methoxy groups -OCH3 is 1. The van der Waals surface area contributed by atoms with Crippen molar-refractivity contribution < 1.29 is 32.6 Å². The predicted octanol–water partition coefficient (Wildman–Crippen LogP) is 5.25. The second-order valence-electron chi connectivity index (χ2n) is 12.2. The molecule has 1 saturated carbocycles. The number of alkyl halides is 2. The van der Waals surface area contributed by atoms with Crippen LogP contribution in [-0.2, 0) is 22.5 Å². The fourth-order valence-corrected chi connectivity index (χ4v) is 6.28. The number of pyridine rings is 2. The molecule has 0 atom stereocenters. The minimum Gasteiger partial charge on any atom is -0.453 e. The average Bonchev–Trinajstić information content (AvgIpc) is 3.89. The number of rotatable bonds is 10. The molecule has 2 fully saturated rings. The van der Waals surface area contributed by atoms with E-state index >= 15 is 8.78 Å². The summed E-state index contributed by atoms with van der Waals surface area (Å²) in [4.78, 5) is 49.2. The van der Waals surface area contributed by atoms with Crippen LogP contribution in [0.25, 0.3) is 11.1 Å². The van der Waals surface area contributed by atoms with Crippen molar-refractivity contribution in [3.8, 4) is 16.9 Å². The van der Waals surface area contributed by atoms with E-state index in [0.717, 1.165) is 36.8 Å². The van der Waals surface area contributed by atoms with Gasteiger partial charge in [0.15, 0.2) is 5.75 Å². The third-order valence-corrected chi connectivity index (χ3v) is 9.09. The molecule has 0 radical (unpaired) electrons. The van der Waals surface area contributed by atoms with E-state index in [4.69, 9.17) is 37.2 Å². The van der Waals surface area contributed by atoms with E-state index in [-0.39, 0.29) is 52.2 Å². The number of aromatic nitrogens is 2. The lowest BCUT2D eigenvalue weighted by Crippen LogP contribution is -2.50. The summed E-state index contributed by atoms with van der Waals surface area (Å²) in [5.74, 6) is -1.77. The van der Waals surface area contributed by atoms with E-state index in [1.807, 2.05) is 0 Å². The van der Waals surface area contributed by atoms with Crippen LogP contribution >= 0.6 is 11.6 Å². The zero-order chi connectivity index (χ0) is 34.2. The van der Waals surface area contributed by atoms with Gasteiger partial charge in [-0.2, -0.15) is 8.78 Å². The van der Waals surface area contributed by atoms with Crippen molar-refractivity contribution in [1.29, 1.82) is 5.41 Å². The zero-order valence-corrected chi connectivity index (χ0v) is 26.9. The second-order valence-corrected chi connectivity index (χ2v) is 12.6. The average molecular weight is 682 g/mol. The summed E-state index contributed by atoms with van der Waals surface area (Å²) in [6, 6.07) is 7.42. The number of piperidine rings is 1. The van der Waals surface area contributed by atoms with Gasteiger partial charge in [-0.25, -0.2) is 9.78 Å². The number of benzene rings is 1. The maximum atomic E-state index is 15.0. The molecule has 1 aliphatic carbocycles. The first-order valence-corrected chi connectivity index (χ1v) is 15.9. The Bertz CT molecular complexity index is 1760.